The molecule has 1 rings (SSSR count). The van der Waals surface area contributed by atoms with Crippen molar-refractivity contribution in [1.82, 2.24) is 0 Å². The maximum Gasteiger partial charge on any atom is 0.338 e. The van der Waals surface area contributed by atoms with Crippen LogP contribution in [0.25, 0.3) is 0 Å². The molecule has 118 valence electrons. The van der Waals surface area contributed by atoms with Gasteiger partial charge in [0.1, 0.15) is 6.10 Å². The Hall–Kier alpha value is -1.06. The minimum atomic E-state index is -0.345. The molecule has 0 spiro atoms. The van der Waals surface area contributed by atoms with Crippen molar-refractivity contribution in [3.63, 3.8) is 0 Å². The first-order chi connectivity index (χ1) is 10.0. The molecule has 1 aromatic rings. The Balaban J connectivity index is 2.56. The van der Waals surface area contributed by atoms with Gasteiger partial charge < -0.3 is 9.47 Å². The second-order valence-corrected chi connectivity index (χ2v) is 6.03. The van der Waals surface area contributed by atoms with Crippen LogP contribution < -0.4 is 0 Å². The zero-order valence-electron chi connectivity index (χ0n) is 13.1. The van der Waals surface area contributed by atoms with E-state index in [1.54, 1.807) is 24.3 Å². The van der Waals surface area contributed by atoms with Gasteiger partial charge in [-0.2, -0.15) is 0 Å². The molecule has 21 heavy (non-hydrogen) atoms. The minimum Gasteiger partial charge on any atom is -0.456 e. The third-order valence-corrected chi connectivity index (χ3v) is 3.25. The summed E-state index contributed by atoms with van der Waals surface area (Å²) in [6.45, 7) is 7.48. The van der Waals surface area contributed by atoms with Crippen molar-refractivity contribution in [2.24, 2.45) is 5.92 Å². The van der Waals surface area contributed by atoms with Crippen LogP contribution in [0.2, 0.25) is 5.02 Å². The molecule has 0 aromatic heterocycles. The van der Waals surface area contributed by atoms with E-state index in [0.29, 0.717) is 29.7 Å². The average molecular weight is 313 g/mol. The van der Waals surface area contributed by atoms with Crippen molar-refractivity contribution >= 4 is 17.6 Å². The topological polar surface area (TPSA) is 35.5 Å². The van der Waals surface area contributed by atoms with Gasteiger partial charge in [-0.15, -0.1) is 0 Å². The first kappa shape index (κ1) is 18.0. The number of benzene rings is 1. The lowest BCUT2D eigenvalue weighted by Gasteiger charge is -2.20. The first-order valence-corrected chi connectivity index (χ1v) is 7.95. The molecule has 0 fully saturated rings. The maximum atomic E-state index is 12.1. The van der Waals surface area contributed by atoms with Crippen LogP contribution in [0.15, 0.2) is 24.3 Å². The monoisotopic (exact) mass is 312 g/mol. The predicted octanol–water partition coefficient (Wildman–Crippen LogP) is 4.73. The fourth-order valence-corrected chi connectivity index (χ4v) is 2.16. The summed E-state index contributed by atoms with van der Waals surface area (Å²) in [5.74, 6) is 0.0965. The van der Waals surface area contributed by atoms with Gasteiger partial charge in [-0.25, -0.2) is 4.79 Å². The van der Waals surface area contributed by atoms with Crippen LogP contribution in [-0.2, 0) is 9.47 Å². The van der Waals surface area contributed by atoms with Crippen molar-refractivity contribution in [3.05, 3.63) is 34.9 Å². The molecule has 4 heteroatoms. The van der Waals surface area contributed by atoms with Gasteiger partial charge in [0.15, 0.2) is 0 Å². The largest absolute Gasteiger partial charge is 0.456 e. The van der Waals surface area contributed by atoms with Crippen LogP contribution in [0.4, 0.5) is 0 Å². The van der Waals surface area contributed by atoms with Crippen LogP contribution in [0.1, 0.15) is 50.4 Å². The van der Waals surface area contributed by atoms with Gasteiger partial charge in [0.2, 0.25) is 0 Å². The molecule has 0 saturated carbocycles. The molecule has 1 atom stereocenters. The quantitative estimate of drug-likeness (QED) is 0.488. The fourth-order valence-electron chi connectivity index (χ4n) is 1.97. The first-order valence-electron chi connectivity index (χ1n) is 7.57. The molecule has 0 aliphatic rings. The van der Waals surface area contributed by atoms with Gasteiger partial charge in [0.05, 0.1) is 12.2 Å². The number of halogens is 1. The van der Waals surface area contributed by atoms with E-state index in [4.69, 9.17) is 21.1 Å². The Morgan fingerprint density at radius 2 is 2.10 bits per heavy atom. The number of hydrogen-bond acceptors (Lipinski definition) is 3. The third-order valence-electron chi connectivity index (χ3n) is 3.01. The van der Waals surface area contributed by atoms with Crippen LogP contribution in [-0.4, -0.2) is 25.3 Å². The zero-order valence-corrected chi connectivity index (χ0v) is 13.9. The van der Waals surface area contributed by atoms with Crippen molar-refractivity contribution in [2.75, 3.05) is 13.2 Å². The van der Waals surface area contributed by atoms with Gasteiger partial charge >= 0.3 is 5.97 Å². The molecule has 0 amide bonds. The van der Waals surface area contributed by atoms with E-state index < -0.39 is 0 Å². The van der Waals surface area contributed by atoms with E-state index in [-0.39, 0.29) is 12.1 Å². The number of rotatable bonds is 9. The molecule has 0 radical (unpaired) electrons. The molecule has 1 aromatic carbocycles. The lowest BCUT2D eigenvalue weighted by molar-refractivity contribution is -0.0113. The van der Waals surface area contributed by atoms with Gasteiger partial charge in [-0.05, 0) is 37.0 Å². The molecule has 0 N–H and O–H groups in total. The van der Waals surface area contributed by atoms with Gasteiger partial charge in [-0.1, -0.05) is 44.9 Å². The van der Waals surface area contributed by atoms with E-state index in [2.05, 4.69) is 20.8 Å². The Bertz CT molecular complexity index is 432. The van der Waals surface area contributed by atoms with E-state index in [0.717, 1.165) is 19.3 Å². The number of carbonyl (C=O) groups excluding carboxylic acids is 1. The maximum absolute atomic E-state index is 12.1. The molecule has 0 saturated heterocycles. The smallest absolute Gasteiger partial charge is 0.338 e. The Morgan fingerprint density at radius 3 is 2.71 bits per heavy atom. The highest BCUT2D eigenvalue weighted by atomic mass is 35.5. The number of unbranched alkanes of at least 4 members (excludes halogenated alkanes) is 1. The summed E-state index contributed by atoms with van der Waals surface area (Å²) in [7, 11) is 0. The molecule has 3 nitrogen and oxygen atoms in total. The van der Waals surface area contributed by atoms with E-state index in [1.165, 1.54) is 0 Å². The second kappa shape index (κ2) is 9.80. The minimum absolute atomic E-state index is 0.215. The molecule has 0 aliphatic heterocycles. The van der Waals surface area contributed by atoms with Crippen LogP contribution in [0, 0.1) is 5.92 Å². The van der Waals surface area contributed by atoms with Gasteiger partial charge in [0.25, 0.3) is 0 Å². The van der Waals surface area contributed by atoms with E-state index in [9.17, 15) is 4.79 Å². The molecule has 0 bridgehead atoms. The zero-order chi connectivity index (χ0) is 15.7. The molecule has 1 unspecified atom stereocenters. The Labute approximate surface area is 132 Å². The van der Waals surface area contributed by atoms with Crippen LogP contribution in [0.5, 0.6) is 0 Å². The molecule has 0 heterocycles. The summed E-state index contributed by atoms with van der Waals surface area (Å²) < 4.78 is 11.2. The summed E-state index contributed by atoms with van der Waals surface area (Å²) in [4.78, 5) is 12.1. The standard InChI is InChI=1S/C17H25ClO3/c1-4-5-9-20-12-16(10-13(2)3)21-17(19)14-7-6-8-15(18)11-14/h6-8,11,13,16H,4-5,9-10,12H2,1-3H3. The summed E-state index contributed by atoms with van der Waals surface area (Å²) in [5.41, 5.74) is 0.477. The average Bonchev–Trinajstić information content (AvgIpc) is 2.42. The highest BCUT2D eigenvalue weighted by molar-refractivity contribution is 6.30. The Morgan fingerprint density at radius 1 is 1.33 bits per heavy atom. The van der Waals surface area contributed by atoms with E-state index >= 15 is 0 Å². The number of ether oxygens (including phenoxy) is 2. The van der Waals surface area contributed by atoms with Crippen molar-refractivity contribution < 1.29 is 14.3 Å². The molecular formula is C17H25ClO3. The van der Waals surface area contributed by atoms with Crippen LogP contribution in [0.3, 0.4) is 0 Å². The number of hydrogen-bond donors (Lipinski definition) is 0. The number of carbonyl (C=O) groups is 1. The highest BCUT2D eigenvalue weighted by Gasteiger charge is 2.18. The normalized spacial score (nSPS) is 12.4. The molecule has 0 aliphatic carbocycles. The summed E-state index contributed by atoms with van der Waals surface area (Å²) in [6.07, 6.45) is 2.69. The van der Waals surface area contributed by atoms with E-state index in [1.807, 2.05) is 0 Å². The summed E-state index contributed by atoms with van der Waals surface area (Å²) in [6, 6.07) is 6.80. The number of esters is 1. The lowest BCUT2D eigenvalue weighted by atomic mass is 10.1. The van der Waals surface area contributed by atoms with Gasteiger partial charge in [0, 0.05) is 11.6 Å². The Kier molecular flexibility index (Phi) is 8.40. The SMILES string of the molecule is CCCCOCC(CC(C)C)OC(=O)c1cccc(Cl)c1. The summed E-state index contributed by atoms with van der Waals surface area (Å²) >= 11 is 5.90. The van der Waals surface area contributed by atoms with Crippen molar-refractivity contribution in [3.8, 4) is 0 Å². The highest BCUT2D eigenvalue weighted by Crippen LogP contribution is 2.15. The van der Waals surface area contributed by atoms with Crippen molar-refractivity contribution in [1.29, 1.82) is 0 Å². The molecular weight excluding hydrogens is 288 g/mol. The van der Waals surface area contributed by atoms with Gasteiger partial charge in [-0.3, -0.25) is 0 Å². The second-order valence-electron chi connectivity index (χ2n) is 5.60. The predicted molar refractivity (Wildman–Crippen MR) is 85.8 cm³/mol. The lowest BCUT2D eigenvalue weighted by Crippen LogP contribution is -2.25. The van der Waals surface area contributed by atoms with Crippen LogP contribution >= 0.6 is 11.6 Å². The fraction of sp³-hybridized carbons (Fsp3) is 0.588. The third kappa shape index (κ3) is 7.49. The van der Waals surface area contributed by atoms with Crippen molar-refractivity contribution in [2.45, 2.75) is 46.1 Å². The summed E-state index contributed by atoms with van der Waals surface area (Å²) in [5, 5.41) is 0.532.